The molecule has 21 heavy (non-hydrogen) atoms. The second-order valence-electron chi connectivity index (χ2n) is 4.76. The van der Waals surface area contributed by atoms with E-state index in [2.05, 4.69) is 35.7 Å². The summed E-state index contributed by atoms with van der Waals surface area (Å²) in [7, 11) is 0. The van der Waals surface area contributed by atoms with E-state index in [1.165, 1.54) is 0 Å². The Kier molecular flexibility index (Phi) is 4.52. The van der Waals surface area contributed by atoms with E-state index in [9.17, 15) is 0 Å². The molecule has 2 aromatic heterocycles. The van der Waals surface area contributed by atoms with E-state index in [-0.39, 0.29) is 0 Å². The van der Waals surface area contributed by atoms with Gasteiger partial charge in [0.15, 0.2) is 0 Å². The van der Waals surface area contributed by atoms with Gasteiger partial charge in [0.25, 0.3) is 0 Å². The second kappa shape index (κ2) is 6.38. The van der Waals surface area contributed by atoms with Gasteiger partial charge in [0.2, 0.25) is 0 Å². The largest absolute Gasteiger partial charge is 0.365 e. The van der Waals surface area contributed by atoms with E-state index >= 15 is 0 Å². The summed E-state index contributed by atoms with van der Waals surface area (Å²) in [5.74, 6) is 0.991. The lowest BCUT2D eigenvalue weighted by molar-refractivity contribution is 0.647. The number of nitrogens with zero attached hydrogens (tertiary/aromatic N) is 4. The molecule has 0 saturated carbocycles. The average Bonchev–Trinajstić information content (AvgIpc) is 2.49. The van der Waals surface area contributed by atoms with Crippen LogP contribution in [-0.2, 0) is 0 Å². The van der Waals surface area contributed by atoms with Crippen LogP contribution in [0.3, 0.4) is 0 Å². The molecule has 1 fully saturated rings. The third kappa shape index (κ3) is 3.25. The van der Waals surface area contributed by atoms with Crippen LogP contribution < -0.4 is 9.80 Å². The SMILES string of the molecule is Clc1cncc(Cl)c1N1CCN(c2ccc(Br)cn2)CC1. The van der Waals surface area contributed by atoms with Gasteiger partial charge in [0.05, 0.1) is 15.7 Å². The molecule has 1 aliphatic heterocycles. The molecule has 0 unspecified atom stereocenters. The van der Waals surface area contributed by atoms with E-state index in [1.54, 1.807) is 12.4 Å². The number of hydrogen-bond donors (Lipinski definition) is 0. The zero-order valence-electron chi connectivity index (χ0n) is 11.1. The molecule has 1 saturated heterocycles. The molecule has 1 aliphatic rings. The van der Waals surface area contributed by atoms with Gasteiger partial charge in [-0.3, -0.25) is 4.98 Å². The number of aromatic nitrogens is 2. The van der Waals surface area contributed by atoms with Crippen molar-refractivity contribution in [2.45, 2.75) is 0 Å². The van der Waals surface area contributed by atoms with E-state index in [0.717, 1.165) is 42.2 Å². The zero-order chi connectivity index (χ0) is 14.8. The van der Waals surface area contributed by atoms with Gasteiger partial charge in [-0.1, -0.05) is 23.2 Å². The molecule has 0 bridgehead atoms. The van der Waals surface area contributed by atoms with Crippen LogP contribution in [0.1, 0.15) is 0 Å². The molecule has 0 aliphatic carbocycles. The highest BCUT2D eigenvalue weighted by Gasteiger charge is 2.21. The Bertz CT molecular complexity index is 607. The summed E-state index contributed by atoms with van der Waals surface area (Å²) in [6, 6.07) is 4.03. The summed E-state index contributed by atoms with van der Waals surface area (Å²) in [6.45, 7) is 3.45. The monoisotopic (exact) mass is 386 g/mol. The lowest BCUT2D eigenvalue weighted by atomic mass is 10.2. The number of halogens is 3. The number of anilines is 2. The number of pyridine rings is 2. The first-order valence-electron chi connectivity index (χ1n) is 6.55. The highest BCUT2D eigenvalue weighted by molar-refractivity contribution is 9.10. The fraction of sp³-hybridized carbons (Fsp3) is 0.286. The van der Waals surface area contributed by atoms with Gasteiger partial charge in [-0.25, -0.2) is 4.98 Å². The second-order valence-corrected chi connectivity index (χ2v) is 6.49. The van der Waals surface area contributed by atoms with E-state index in [0.29, 0.717) is 10.0 Å². The van der Waals surface area contributed by atoms with E-state index in [4.69, 9.17) is 23.2 Å². The summed E-state index contributed by atoms with van der Waals surface area (Å²) < 4.78 is 0.986. The molecule has 3 heterocycles. The Morgan fingerprint density at radius 3 is 2.10 bits per heavy atom. The van der Waals surface area contributed by atoms with Crippen molar-refractivity contribution in [3.8, 4) is 0 Å². The molecule has 110 valence electrons. The van der Waals surface area contributed by atoms with Gasteiger partial charge in [0, 0.05) is 49.2 Å². The van der Waals surface area contributed by atoms with Gasteiger partial charge in [-0.05, 0) is 28.1 Å². The molecule has 4 nitrogen and oxygen atoms in total. The molecule has 0 atom stereocenters. The van der Waals surface area contributed by atoms with Gasteiger partial charge < -0.3 is 9.80 Å². The summed E-state index contributed by atoms with van der Waals surface area (Å²) in [6.07, 6.45) is 5.08. The van der Waals surface area contributed by atoms with Crippen molar-refractivity contribution in [2.24, 2.45) is 0 Å². The maximum Gasteiger partial charge on any atom is 0.128 e. The third-order valence-electron chi connectivity index (χ3n) is 3.46. The summed E-state index contributed by atoms with van der Waals surface area (Å²) in [5, 5.41) is 1.19. The molecule has 0 spiro atoms. The first kappa shape index (κ1) is 14.9. The lowest BCUT2D eigenvalue weighted by Gasteiger charge is -2.37. The molecule has 7 heteroatoms. The predicted octanol–water partition coefficient (Wildman–Crippen LogP) is 3.87. The molecule has 3 rings (SSSR count). The highest BCUT2D eigenvalue weighted by atomic mass is 79.9. The average molecular weight is 388 g/mol. The number of rotatable bonds is 2. The van der Waals surface area contributed by atoms with Crippen LogP contribution in [-0.4, -0.2) is 36.1 Å². The minimum Gasteiger partial charge on any atom is -0.365 e. The van der Waals surface area contributed by atoms with Crippen molar-refractivity contribution in [3.63, 3.8) is 0 Å². The minimum atomic E-state index is 0.595. The fourth-order valence-corrected chi connectivity index (χ4v) is 3.26. The summed E-state index contributed by atoms with van der Waals surface area (Å²) in [5.41, 5.74) is 0.872. The first-order chi connectivity index (χ1) is 10.1. The van der Waals surface area contributed by atoms with Crippen LogP contribution in [0.25, 0.3) is 0 Å². The van der Waals surface area contributed by atoms with Crippen molar-refractivity contribution in [1.29, 1.82) is 0 Å². The van der Waals surface area contributed by atoms with E-state index in [1.807, 2.05) is 18.3 Å². The molecular formula is C14H13BrCl2N4. The van der Waals surface area contributed by atoms with Crippen LogP contribution in [0.15, 0.2) is 35.2 Å². The number of piperazine rings is 1. The Morgan fingerprint density at radius 1 is 0.905 bits per heavy atom. The zero-order valence-corrected chi connectivity index (χ0v) is 14.2. The van der Waals surface area contributed by atoms with Crippen LogP contribution in [0.5, 0.6) is 0 Å². The van der Waals surface area contributed by atoms with Crippen LogP contribution in [0.2, 0.25) is 10.0 Å². The smallest absolute Gasteiger partial charge is 0.128 e. The molecule has 0 N–H and O–H groups in total. The topological polar surface area (TPSA) is 32.3 Å². The molecular weight excluding hydrogens is 375 g/mol. The van der Waals surface area contributed by atoms with Crippen LogP contribution >= 0.6 is 39.1 Å². The fourth-order valence-electron chi connectivity index (χ4n) is 2.42. The van der Waals surface area contributed by atoms with Gasteiger partial charge >= 0.3 is 0 Å². The lowest BCUT2D eigenvalue weighted by Crippen LogP contribution is -2.47. The highest BCUT2D eigenvalue weighted by Crippen LogP contribution is 2.33. The third-order valence-corrected chi connectivity index (χ3v) is 4.48. The van der Waals surface area contributed by atoms with Crippen molar-refractivity contribution >= 4 is 50.6 Å². The quantitative estimate of drug-likeness (QED) is 0.782. The summed E-state index contributed by atoms with van der Waals surface area (Å²) in [4.78, 5) is 12.9. The minimum absolute atomic E-state index is 0.595. The van der Waals surface area contributed by atoms with Gasteiger partial charge in [-0.15, -0.1) is 0 Å². The molecule has 2 aromatic rings. The first-order valence-corrected chi connectivity index (χ1v) is 8.10. The maximum atomic E-state index is 6.21. The van der Waals surface area contributed by atoms with Crippen molar-refractivity contribution in [2.75, 3.05) is 36.0 Å². The van der Waals surface area contributed by atoms with Crippen LogP contribution in [0.4, 0.5) is 11.5 Å². The Morgan fingerprint density at radius 2 is 1.52 bits per heavy atom. The standard InChI is InChI=1S/C14H13BrCl2N4/c15-10-1-2-13(19-7-10)20-3-5-21(6-4-20)14-11(16)8-18-9-12(14)17/h1-2,7-9H,3-6H2. The Hall–Kier alpha value is -1.04. The molecule has 0 amide bonds. The van der Waals surface area contributed by atoms with Crippen molar-refractivity contribution in [1.82, 2.24) is 9.97 Å². The molecule has 0 aromatic carbocycles. The Labute approximate surface area is 141 Å². The van der Waals surface area contributed by atoms with Gasteiger partial charge in [-0.2, -0.15) is 0 Å². The summed E-state index contributed by atoms with van der Waals surface area (Å²) >= 11 is 15.8. The Balaban J connectivity index is 1.72. The van der Waals surface area contributed by atoms with Crippen molar-refractivity contribution < 1.29 is 0 Å². The normalized spacial score (nSPS) is 15.4. The van der Waals surface area contributed by atoms with Gasteiger partial charge in [0.1, 0.15) is 5.82 Å². The molecule has 0 radical (unpaired) electrons. The maximum absolute atomic E-state index is 6.21. The van der Waals surface area contributed by atoms with Crippen molar-refractivity contribution in [3.05, 3.63) is 45.2 Å². The predicted molar refractivity (Wildman–Crippen MR) is 90.6 cm³/mol. The number of hydrogen-bond acceptors (Lipinski definition) is 4. The van der Waals surface area contributed by atoms with Crippen LogP contribution in [0, 0.1) is 0 Å². The van der Waals surface area contributed by atoms with E-state index < -0.39 is 0 Å².